The van der Waals surface area contributed by atoms with Gasteiger partial charge in [0, 0.05) is 11.8 Å². The molecule has 0 aliphatic carbocycles. The molecule has 2 amide bonds. The average molecular weight is 686 g/mol. The molecule has 3 aromatic carbocycles. The van der Waals surface area contributed by atoms with E-state index in [2.05, 4.69) is 26.6 Å². The first-order valence-electron chi connectivity index (χ1n) is 14.1. The lowest BCUT2D eigenvalue weighted by Gasteiger charge is -2.23. The van der Waals surface area contributed by atoms with Crippen LogP contribution >= 0.6 is 15.9 Å². The zero-order chi connectivity index (χ0) is 32.8. The monoisotopic (exact) mass is 684 g/mol. The van der Waals surface area contributed by atoms with E-state index < -0.39 is 41.8 Å². The van der Waals surface area contributed by atoms with Crippen molar-refractivity contribution in [3.05, 3.63) is 95.6 Å². The van der Waals surface area contributed by atoms with E-state index in [1.165, 1.54) is 7.11 Å². The largest absolute Gasteiger partial charge is 0.467 e. The summed E-state index contributed by atoms with van der Waals surface area (Å²) in [5.74, 6) is -0.400. The van der Waals surface area contributed by atoms with Crippen LogP contribution in [0.25, 0.3) is 0 Å². The number of esters is 2. The maximum atomic E-state index is 12.6. The number of rotatable bonds is 13. The first-order valence-corrected chi connectivity index (χ1v) is 15.2. The van der Waals surface area contributed by atoms with Crippen molar-refractivity contribution in [1.82, 2.24) is 10.6 Å². The van der Waals surface area contributed by atoms with Crippen LogP contribution in [0.1, 0.15) is 43.5 Å². The molecule has 0 radical (unpaired) electrons. The van der Waals surface area contributed by atoms with E-state index >= 15 is 0 Å². The lowest BCUT2D eigenvalue weighted by molar-refractivity contribution is -0.145. The van der Waals surface area contributed by atoms with Crippen LogP contribution < -0.4 is 15.4 Å². The molecule has 240 valence electrons. The summed E-state index contributed by atoms with van der Waals surface area (Å²) in [6, 6.07) is 20.6. The number of carbonyl (C=O) groups is 4. The van der Waals surface area contributed by atoms with Crippen LogP contribution in [0, 0.1) is 0 Å². The first-order chi connectivity index (χ1) is 21.5. The Hall–Kier alpha value is -4.58. The molecule has 3 rings (SSSR count). The maximum Gasteiger partial charge on any atom is 0.408 e. The number of nitrogens with one attached hydrogen (secondary N) is 2. The van der Waals surface area contributed by atoms with Crippen molar-refractivity contribution in [2.45, 2.75) is 51.5 Å². The molecule has 0 saturated heterocycles. The molecule has 3 aromatic rings. The second-order valence-corrected chi connectivity index (χ2v) is 11.5. The van der Waals surface area contributed by atoms with E-state index in [1.807, 2.05) is 30.3 Å². The van der Waals surface area contributed by atoms with Gasteiger partial charge in [-0.1, -0.05) is 70.5 Å². The Morgan fingerprint density at radius 2 is 1.49 bits per heavy atom. The molecule has 12 heteroatoms. The number of carbonyl (C=O) groups excluding carboxylic acids is 4. The summed E-state index contributed by atoms with van der Waals surface area (Å²) in [6.45, 7) is 5.37. The summed E-state index contributed by atoms with van der Waals surface area (Å²) < 4.78 is 26.7. The van der Waals surface area contributed by atoms with E-state index in [1.54, 1.807) is 69.3 Å². The predicted molar refractivity (Wildman–Crippen MR) is 169 cm³/mol. The van der Waals surface area contributed by atoms with Crippen molar-refractivity contribution in [3.63, 3.8) is 0 Å². The maximum absolute atomic E-state index is 12.6. The first kappa shape index (κ1) is 34.9. The Morgan fingerprint density at radius 1 is 0.778 bits per heavy atom. The third-order valence-electron chi connectivity index (χ3n) is 6.00. The topological polar surface area (TPSA) is 138 Å². The molecule has 0 heterocycles. The normalized spacial score (nSPS) is 12.2. The number of halogens is 1. The fourth-order valence-corrected chi connectivity index (χ4v) is 4.15. The van der Waals surface area contributed by atoms with Gasteiger partial charge in [0.25, 0.3) is 0 Å². The van der Waals surface area contributed by atoms with Crippen molar-refractivity contribution < 1.29 is 42.9 Å². The molecule has 2 N–H and O–H groups in total. The zero-order valence-corrected chi connectivity index (χ0v) is 27.1. The molecule has 0 bridgehead atoms. The number of ether oxygens (including phenoxy) is 5. The molecule has 11 nitrogen and oxygen atoms in total. The number of amides is 2. The van der Waals surface area contributed by atoms with Gasteiger partial charge in [0.15, 0.2) is 6.04 Å². The smallest absolute Gasteiger partial charge is 0.408 e. The zero-order valence-electron chi connectivity index (χ0n) is 25.5. The van der Waals surface area contributed by atoms with Gasteiger partial charge in [-0.2, -0.15) is 0 Å². The summed E-state index contributed by atoms with van der Waals surface area (Å²) in [5.41, 5.74) is 1.22. The molecular formula is C33H37BrN2O9. The Bertz CT molecular complexity index is 1430. The van der Waals surface area contributed by atoms with Gasteiger partial charge in [0.2, 0.25) is 0 Å². The van der Waals surface area contributed by atoms with Crippen molar-refractivity contribution in [2.24, 2.45) is 0 Å². The fraction of sp³-hybridized carbons (Fsp3) is 0.333. The highest BCUT2D eigenvalue weighted by atomic mass is 79.9. The van der Waals surface area contributed by atoms with Gasteiger partial charge < -0.3 is 34.3 Å². The predicted octanol–water partition coefficient (Wildman–Crippen LogP) is 5.99. The van der Waals surface area contributed by atoms with Crippen LogP contribution in [0.2, 0.25) is 0 Å². The number of methoxy groups -OCH3 is 1. The minimum Gasteiger partial charge on any atom is -0.467 e. The van der Waals surface area contributed by atoms with E-state index in [0.29, 0.717) is 22.4 Å². The van der Waals surface area contributed by atoms with Gasteiger partial charge in [-0.15, -0.1) is 0 Å². The molecular weight excluding hydrogens is 648 g/mol. The second kappa shape index (κ2) is 17.0. The highest BCUT2D eigenvalue weighted by Gasteiger charge is 2.27. The van der Waals surface area contributed by atoms with Gasteiger partial charge >= 0.3 is 24.1 Å². The molecule has 0 saturated carbocycles. The van der Waals surface area contributed by atoms with E-state index in [-0.39, 0.29) is 19.6 Å². The summed E-state index contributed by atoms with van der Waals surface area (Å²) in [6.07, 6.45) is -1.36. The minimum atomic E-state index is -1.14. The molecule has 0 aliphatic heterocycles. The quantitative estimate of drug-likeness (QED) is 0.126. The van der Waals surface area contributed by atoms with Crippen LogP contribution in [0.15, 0.2) is 78.9 Å². The summed E-state index contributed by atoms with van der Waals surface area (Å²) >= 11 is 3.22. The Labute approximate surface area is 270 Å². The number of hydrogen-bond donors (Lipinski definition) is 2. The lowest BCUT2D eigenvalue weighted by atomic mass is 10.1. The third kappa shape index (κ3) is 12.1. The molecule has 0 fully saturated rings. The number of hydrogen-bond acceptors (Lipinski definition) is 9. The SMILES string of the molecule is COC(=O)[C@H](NC(=O)OCc1ccccc1)c1cccc(Oc2ccc(C[C@@H](NC(=O)OC(C)(C)C)C(=O)OCCBr)cc2)c1. The third-order valence-corrected chi connectivity index (χ3v) is 6.32. The standard InChI is InChI=1S/C33H37BrN2O9/c1-33(2,3)45-32(40)35-27(29(37)42-18-17-34)19-22-13-15-25(16-14-22)44-26-12-8-11-24(20-26)28(30(38)41-4)36-31(39)43-21-23-9-6-5-7-10-23/h5-16,20,27-28H,17-19,21H2,1-4H3,(H,35,40)(H,36,39)/t27-,28-/m1/s1. The molecule has 0 aromatic heterocycles. The minimum absolute atomic E-state index is 0.0373. The molecule has 45 heavy (non-hydrogen) atoms. The van der Waals surface area contributed by atoms with Gasteiger partial charge in [0.1, 0.15) is 36.4 Å². The van der Waals surface area contributed by atoms with Crippen molar-refractivity contribution in [2.75, 3.05) is 19.0 Å². The van der Waals surface area contributed by atoms with Crippen molar-refractivity contribution in [3.8, 4) is 11.5 Å². The van der Waals surface area contributed by atoms with Crippen molar-refractivity contribution >= 4 is 40.1 Å². The van der Waals surface area contributed by atoms with Crippen LogP contribution in [-0.4, -0.2) is 54.8 Å². The summed E-state index contributed by atoms with van der Waals surface area (Å²) in [4.78, 5) is 50.0. The van der Waals surface area contributed by atoms with Crippen molar-refractivity contribution in [1.29, 1.82) is 0 Å². The molecule has 0 aliphatic rings. The highest BCUT2D eigenvalue weighted by Crippen LogP contribution is 2.26. The fourth-order valence-electron chi connectivity index (χ4n) is 3.98. The van der Waals surface area contributed by atoms with Crippen LogP contribution in [-0.2, 0) is 41.6 Å². The lowest BCUT2D eigenvalue weighted by Crippen LogP contribution is -2.45. The molecule has 0 unspecified atom stereocenters. The average Bonchev–Trinajstić information content (AvgIpc) is 3.01. The molecule has 2 atom stereocenters. The summed E-state index contributed by atoms with van der Waals surface area (Å²) in [5, 5.41) is 5.59. The Balaban J connectivity index is 1.67. The van der Waals surface area contributed by atoms with E-state index in [9.17, 15) is 19.2 Å². The van der Waals surface area contributed by atoms with Crippen LogP contribution in [0.4, 0.5) is 9.59 Å². The highest BCUT2D eigenvalue weighted by molar-refractivity contribution is 9.09. The molecule has 0 spiro atoms. The van der Waals surface area contributed by atoms with E-state index in [0.717, 1.165) is 11.1 Å². The van der Waals surface area contributed by atoms with E-state index in [4.69, 9.17) is 23.7 Å². The van der Waals surface area contributed by atoms with Crippen LogP contribution in [0.3, 0.4) is 0 Å². The van der Waals surface area contributed by atoms with Crippen LogP contribution in [0.5, 0.6) is 11.5 Å². The summed E-state index contributed by atoms with van der Waals surface area (Å²) in [7, 11) is 1.23. The Kier molecular flexibility index (Phi) is 13.2. The number of benzene rings is 3. The van der Waals surface area contributed by atoms with Gasteiger partial charge in [-0.05, 0) is 61.7 Å². The second-order valence-electron chi connectivity index (χ2n) is 10.7. The van der Waals surface area contributed by atoms with Gasteiger partial charge in [-0.25, -0.2) is 19.2 Å². The Morgan fingerprint density at radius 3 is 2.13 bits per heavy atom. The number of alkyl carbamates (subject to hydrolysis) is 2. The number of alkyl halides is 1. The van der Waals surface area contributed by atoms with Gasteiger partial charge in [-0.3, -0.25) is 0 Å². The van der Waals surface area contributed by atoms with Gasteiger partial charge in [0.05, 0.1) is 7.11 Å².